The maximum Gasteiger partial charge on any atom is 0.272 e. The van der Waals surface area contributed by atoms with Crippen LogP contribution in [0.3, 0.4) is 0 Å². The molecule has 0 bridgehead atoms. The summed E-state index contributed by atoms with van der Waals surface area (Å²) in [5.74, 6) is -1.17. The summed E-state index contributed by atoms with van der Waals surface area (Å²) in [4.78, 5) is 21.3. The fraction of sp³-hybridized carbons (Fsp3) is 0.417. The Balaban J connectivity index is 2.57. The summed E-state index contributed by atoms with van der Waals surface area (Å²) in [7, 11) is 0. The van der Waals surface area contributed by atoms with Gasteiger partial charge in [-0.25, -0.2) is 4.39 Å². The molecule has 0 unspecified atom stereocenters. The van der Waals surface area contributed by atoms with Crippen LogP contribution in [0.15, 0.2) is 18.2 Å². The van der Waals surface area contributed by atoms with E-state index in [1.165, 1.54) is 6.07 Å². The smallest absolute Gasteiger partial charge is 0.272 e. The number of amides is 1. The molecule has 0 aliphatic carbocycles. The van der Waals surface area contributed by atoms with Crippen LogP contribution in [-0.2, 0) is 4.79 Å². The van der Waals surface area contributed by atoms with Gasteiger partial charge in [-0.05, 0) is 6.07 Å². The summed E-state index contributed by atoms with van der Waals surface area (Å²) in [6, 6.07) is 3.37. The summed E-state index contributed by atoms with van der Waals surface area (Å²) in [6.45, 7) is 4.39. The van der Waals surface area contributed by atoms with Crippen molar-refractivity contribution in [3.63, 3.8) is 0 Å². The van der Waals surface area contributed by atoms with Gasteiger partial charge >= 0.3 is 0 Å². The minimum atomic E-state index is -0.820. The van der Waals surface area contributed by atoms with Crippen molar-refractivity contribution in [2.75, 3.05) is 11.9 Å². The Bertz CT molecular complexity index is 477. The number of carbonyl (C=O) groups excluding carboxylic acids is 1. The summed E-state index contributed by atoms with van der Waals surface area (Å²) >= 11 is 0. The zero-order chi connectivity index (χ0) is 14.4. The Morgan fingerprint density at radius 1 is 1.47 bits per heavy atom. The Hall–Kier alpha value is -2.02. The lowest BCUT2D eigenvalue weighted by Crippen LogP contribution is -2.27. The van der Waals surface area contributed by atoms with Crippen LogP contribution in [0.5, 0.6) is 0 Å². The van der Waals surface area contributed by atoms with Crippen LogP contribution in [-0.4, -0.2) is 23.4 Å². The highest BCUT2D eigenvalue weighted by Gasteiger charge is 2.12. The lowest BCUT2D eigenvalue weighted by atomic mass is 10.2. The van der Waals surface area contributed by atoms with Gasteiger partial charge in [-0.2, -0.15) is 0 Å². The molecule has 0 saturated heterocycles. The summed E-state index contributed by atoms with van der Waals surface area (Å²) < 4.78 is 13.5. The van der Waals surface area contributed by atoms with E-state index in [0.717, 1.165) is 12.1 Å². The number of anilines is 1. The number of nitrogens with zero attached hydrogens (tertiary/aromatic N) is 1. The predicted molar refractivity (Wildman–Crippen MR) is 69.4 cm³/mol. The second-order valence-corrected chi connectivity index (χ2v) is 4.33. The predicted octanol–water partition coefficient (Wildman–Crippen LogP) is 2.06. The highest BCUT2D eigenvalue weighted by molar-refractivity contribution is 5.91. The van der Waals surface area contributed by atoms with Gasteiger partial charge in [0.15, 0.2) is 5.82 Å². The fourth-order valence-electron chi connectivity index (χ4n) is 1.41. The molecule has 19 heavy (non-hydrogen) atoms. The molecule has 0 atom stereocenters. The maximum atomic E-state index is 13.5. The Morgan fingerprint density at radius 2 is 2.16 bits per heavy atom. The van der Waals surface area contributed by atoms with E-state index in [1.807, 2.05) is 13.8 Å². The van der Waals surface area contributed by atoms with Crippen LogP contribution >= 0.6 is 0 Å². The molecule has 0 aromatic heterocycles. The van der Waals surface area contributed by atoms with Crippen LogP contribution in [0.4, 0.5) is 15.8 Å². The van der Waals surface area contributed by atoms with E-state index in [9.17, 15) is 19.3 Å². The average molecular weight is 269 g/mol. The van der Waals surface area contributed by atoms with Crippen molar-refractivity contribution in [1.82, 2.24) is 5.32 Å². The molecule has 0 radical (unpaired) electrons. The highest BCUT2D eigenvalue weighted by atomic mass is 19.1. The third-order valence-corrected chi connectivity index (χ3v) is 2.34. The van der Waals surface area contributed by atoms with E-state index in [2.05, 4.69) is 10.6 Å². The first-order chi connectivity index (χ1) is 8.90. The lowest BCUT2D eigenvalue weighted by molar-refractivity contribution is -0.385. The minimum absolute atomic E-state index is 0.0554. The van der Waals surface area contributed by atoms with Gasteiger partial charge in [-0.15, -0.1) is 0 Å². The van der Waals surface area contributed by atoms with Crippen molar-refractivity contribution in [3.05, 3.63) is 34.1 Å². The number of hydrogen-bond donors (Lipinski definition) is 2. The summed E-state index contributed by atoms with van der Waals surface area (Å²) in [6.07, 6.45) is 0.203. The van der Waals surface area contributed by atoms with Crippen LogP contribution in [0.25, 0.3) is 0 Å². The van der Waals surface area contributed by atoms with Crippen LogP contribution in [0.2, 0.25) is 0 Å². The molecular formula is C12H16FN3O3. The van der Waals surface area contributed by atoms with Gasteiger partial charge in [-0.1, -0.05) is 13.8 Å². The molecule has 2 N–H and O–H groups in total. The number of non-ortho nitro benzene ring substituents is 1. The number of hydrogen-bond acceptors (Lipinski definition) is 4. The van der Waals surface area contributed by atoms with Gasteiger partial charge in [-0.3, -0.25) is 14.9 Å². The molecule has 0 aliphatic heterocycles. The molecule has 0 saturated carbocycles. The van der Waals surface area contributed by atoms with E-state index < -0.39 is 10.7 Å². The summed E-state index contributed by atoms with van der Waals surface area (Å²) in [5, 5.41) is 15.9. The molecule has 1 amide bonds. The van der Waals surface area contributed by atoms with E-state index in [0.29, 0.717) is 6.54 Å². The van der Waals surface area contributed by atoms with E-state index in [1.54, 1.807) is 0 Å². The van der Waals surface area contributed by atoms with Gasteiger partial charge in [0.2, 0.25) is 5.91 Å². The molecular weight excluding hydrogens is 253 g/mol. The third-order valence-electron chi connectivity index (χ3n) is 2.34. The zero-order valence-electron chi connectivity index (χ0n) is 10.8. The van der Waals surface area contributed by atoms with Crippen LogP contribution in [0.1, 0.15) is 20.3 Å². The normalized spacial score (nSPS) is 10.5. The van der Waals surface area contributed by atoms with Crippen molar-refractivity contribution in [3.8, 4) is 0 Å². The maximum absolute atomic E-state index is 13.5. The number of nitro groups is 1. The van der Waals surface area contributed by atoms with E-state index >= 15 is 0 Å². The second kappa shape index (κ2) is 6.79. The third kappa shape index (κ3) is 5.01. The first-order valence-corrected chi connectivity index (χ1v) is 5.87. The minimum Gasteiger partial charge on any atom is -0.324 e. The fourth-order valence-corrected chi connectivity index (χ4v) is 1.41. The number of rotatable bonds is 6. The van der Waals surface area contributed by atoms with Gasteiger partial charge in [0, 0.05) is 25.1 Å². The summed E-state index contributed by atoms with van der Waals surface area (Å²) in [5.41, 5.74) is -0.405. The van der Waals surface area contributed by atoms with Gasteiger partial charge < -0.3 is 10.6 Å². The van der Waals surface area contributed by atoms with Crippen molar-refractivity contribution in [2.24, 2.45) is 0 Å². The molecule has 0 aliphatic rings. The Morgan fingerprint density at radius 3 is 2.68 bits per heavy atom. The van der Waals surface area contributed by atoms with Crippen molar-refractivity contribution in [1.29, 1.82) is 0 Å². The van der Waals surface area contributed by atoms with Crippen LogP contribution < -0.4 is 10.6 Å². The topological polar surface area (TPSA) is 84.3 Å². The molecule has 1 aromatic carbocycles. The van der Waals surface area contributed by atoms with Crippen molar-refractivity contribution < 1.29 is 14.1 Å². The number of nitrogens with one attached hydrogen (secondary N) is 2. The second-order valence-electron chi connectivity index (χ2n) is 4.33. The van der Waals surface area contributed by atoms with Gasteiger partial charge in [0.1, 0.15) is 0 Å². The number of nitro benzene ring substituents is 1. The molecule has 7 heteroatoms. The van der Waals surface area contributed by atoms with Gasteiger partial charge in [0.05, 0.1) is 16.7 Å². The molecule has 0 heterocycles. The molecule has 1 rings (SSSR count). The van der Waals surface area contributed by atoms with Crippen molar-refractivity contribution in [2.45, 2.75) is 26.3 Å². The molecule has 1 aromatic rings. The average Bonchev–Trinajstić information content (AvgIpc) is 2.31. The Kier molecular flexibility index (Phi) is 5.37. The zero-order valence-corrected chi connectivity index (χ0v) is 10.8. The Labute approximate surface area is 110 Å². The van der Waals surface area contributed by atoms with E-state index in [4.69, 9.17) is 0 Å². The first-order valence-electron chi connectivity index (χ1n) is 5.87. The van der Waals surface area contributed by atoms with Crippen LogP contribution in [0, 0.1) is 15.9 Å². The number of carbonyl (C=O) groups is 1. The highest BCUT2D eigenvalue weighted by Crippen LogP contribution is 2.20. The quantitative estimate of drug-likeness (QED) is 0.611. The largest absolute Gasteiger partial charge is 0.324 e. The monoisotopic (exact) mass is 269 g/mol. The number of halogens is 1. The van der Waals surface area contributed by atoms with Gasteiger partial charge in [0.25, 0.3) is 5.69 Å². The first kappa shape index (κ1) is 15.0. The molecule has 0 spiro atoms. The SMILES string of the molecule is CC(C)NCCC(=O)Nc1ccc([N+](=O)[O-])cc1F. The van der Waals surface area contributed by atoms with Crippen molar-refractivity contribution >= 4 is 17.3 Å². The molecule has 0 fully saturated rings. The molecule has 104 valence electrons. The van der Waals surface area contributed by atoms with E-state index in [-0.39, 0.29) is 29.7 Å². The molecule has 6 nitrogen and oxygen atoms in total. The lowest BCUT2D eigenvalue weighted by Gasteiger charge is -2.09. The standard InChI is InChI=1S/C12H16FN3O3/c1-8(2)14-6-5-12(17)15-11-4-3-9(16(18)19)7-10(11)13/h3-4,7-8,14H,5-6H2,1-2H3,(H,15,17). The number of benzene rings is 1.